The van der Waals surface area contributed by atoms with E-state index in [0.717, 1.165) is 41.6 Å². The minimum absolute atomic E-state index is 0.106. The summed E-state index contributed by atoms with van der Waals surface area (Å²) in [5.41, 5.74) is 0.801. The number of hydrogen-bond acceptors (Lipinski definition) is 4. The summed E-state index contributed by atoms with van der Waals surface area (Å²) >= 11 is 1.62. The van der Waals surface area contributed by atoms with Gasteiger partial charge in [-0.15, -0.1) is 11.3 Å². The smallest absolute Gasteiger partial charge is 0.255 e. The lowest BCUT2D eigenvalue weighted by atomic mass is 10.1. The molecule has 1 saturated heterocycles. The van der Waals surface area contributed by atoms with Gasteiger partial charge >= 0.3 is 0 Å². The van der Waals surface area contributed by atoms with Crippen molar-refractivity contribution >= 4 is 33.2 Å². The van der Waals surface area contributed by atoms with Crippen LogP contribution in [0.15, 0.2) is 29.6 Å². The fraction of sp³-hybridized carbons (Fsp3) is 0.444. The molecule has 126 valence electrons. The minimum atomic E-state index is 0.106. The fourth-order valence-corrected chi connectivity index (χ4v) is 4.06. The Labute approximate surface area is 145 Å². The lowest BCUT2D eigenvalue weighted by Gasteiger charge is -2.34. The van der Waals surface area contributed by atoms with E-state index in [4.69, 9.17) is 0 Å². The molecule has 1 aromatic heterocycles. The van der Waals surface area contributed by atoms with E-state index in [1.807, 2.05) is 34.5 Å². The summed E-state index contributed by atoms with van der Waals surface area (Å²) in [6.45, 7) is 3.32. The first-order valence-electron chi connectivity index (χ1n) is 8.48. The number of rotatable bonds is 4. The average molecular weight is 343 g/mol. The molecule has 6 heteroatoms. The summed E-state index contributed by atoms with van der Waals surface area (Å²) in [6, 6.07) is 8.44. The third-order valence-electron chi connectivity index (χ3n) is 4.68. The highest BCUT2D eigenvalue weighted by atomic mass is 32.1. The van der Waals surface area contributed by atoms with Crippen LogP contribution in [0, 0.1) is 0 Å². The van der Waals surface area contributed by atoms with Crippen LogP contribution in [0.3, 0.4) is 0 Å². The zero-order valence-corrected chi connectivity index (χ0v) is 14.3. The summed E-state index contributed by atoms with van der Waals surface area (Å²) in [4.78, 5) is 28.7. The Hall–Kier alpha value is -1.92. The Morgan fingerprint density at radius 2 is 1.88 bits per heavy atom. The Morgan fingerprint density at radius 3 is 2.62 bits per heavy atom. The molecule has 1 saturated carbocycles. The van der Waals surface area contributed by atoms with Gasteiger partial charge in [0.1, 0.15) is 0 Å². The van der Waals surface area contributed by atoms with Crippen LogP contribution in [0.1, 0.15) is 23.2 Å². The van der Waals surface area contributed by atoms with Gasteiger partial charge in [-0.3, -0.25) is 14.5 Å². The number of thiophene rings is 1. The molecule has 24 heavy (non-hydrogen) atoms. The van der Waals surface area contributed by atoms with Crippen LogP contribution in [0.4, 0.5) is 0 Å². The number of nitrogens with one attached hydrogen (secondary N) is 1. The first-order chi connectivity index (χ1) is 11.7. The molecular formula is C18H21N3O2S. The van der Waals surface area contributed by atoms with Crippen LogP contribution < -0.4 is 5.32 Å². The Balaban J connectivity index is 1.35. The number of carbonyl (C=O) groups is 2. The molecule has 1 aliphatic carbocycles. The molecule has 0 bridgehead atoms. The van der Waals surface area contributed by atoms with E-state index in [-0.39, 0.29) is 11.8 Å². The number of carbonyl (C=O) groups excluding carboxylic acids is 2. The van der Waals surface area contributed by atoms with Crippen LogP contribution >= 0.6 is 11.3 Å². The van der Waals surface area contributed by atoms with Gasteiger partial charge in [-0.2, -0.15) is 0 Å². The normalized spacial score (nSPS) is 18.8. The molecule has 0 unspecified atom stereocenters. The molecule has 1 aromatic carbocycles. The van der Waals surface area contributed by atoms with E-state index in [9.17, 15) is 9.59 Å². The van der Waals surface area contributed by atoms with Gasteiger partial charge in [-0.1, -0.05) is 18.2 Å². The van der Waals surface area contributed by atoms with Gasteiger partial charge in [0.05, 0.1) is 12.1 Å². The molecule has 1 N–H and O–H groups in total. The third-order valence-corrected chi connectivity index (χ3v) is 5.64. The molecule has 2 fully saturated rings. The van der Waals surface area contributed by atoms with Crippen LogP contribution in [0.2, 0.25) is 0 Å². The molecule has 2 aliphatic rings. The van der Waals surface area contributed by atoms with Crippen LogP contribution in [0.5, 0.6) is 0 Å². The van der Waals surface area contributed by atoms with Crippen molar-refractivity contribution in [1.29, 1.82) is 0 Å². The van der Waals surface area contributed by atoms with Crippen molar-refractivity contribution < 1.29 is 9.59 Å². The zero-order valence-electron chi connectivity index (χ0n) is 13.5. The Morgan fingerprint density at radius 1 is 1.12 bits per heavy atom. The van der Waals surface area contributed by atoms with Gasteiger partial charge < -0.3 is 10.2 Å². The topological polar surface area (TPSA) is 52.7 Å². The van der Waals surface area contributed by atoms with Gasteiger partial charge in [0.25, 0.3) is 5.91 Å². The van der Waals surface area contributed by atoms with Gasteiger partial charge in [0.15, 0.2) is 0 Å². The number of fused-ring (bicyclic) bond motifs is 1. The van der Waals surface area contributed by atoms with Crippen molar-refractivity contribution in [2.75, 3.05) is 32.7 Å². The average Bonchev–Trinajstić information content (AvgIpc) is 3.30. The van der Waals surface area contributed by atoms with Gasteiger partial charge in [0.2, 0.25) is 5.91 Å². The summed E-state index contributed by atoms with van der Waals surface area (Å²) in [5, 5.41) is 6.02. The predicted molar refractivity (Wildman–Crippen MR) is 95.3 cm³/mol. The quantitative estimate of drug-likeness (QED) is 0.923. The molecule has 5 nitrogen and oxygen atoms in total. The van der Waals surface area contributed by atoms with Crippen molar-refractivity contribution in [3.63, 3.8) is 0 Å². The van der Waals surface area contributed by atoms with E-state index >= 15 is 0 Å². The van der Waals surface area contributed by atoms with Gasteiger partial charge in [0, 0.05) is 47.7 Å². The summed E-state index contributed by atoms with van der Waals surface area (Å²) in [7, 11) is 0. The Bertz CT molecular complexity index is 760. The van der Waals surface area contributed by atoms with Crippen LogP contribution in [-0.4, -0.2) is 60.4 Å². The number of amides is 2. The van der Waals surface area contributed by atoms with Crippen molar-refractivity contribution in [2.24, 2.45) is 0 Å². The molecule has 1 aliphatic heterocycles. The summed E-state index contributed by atoms with van der Waals surface area (Å²) < 4.78 is 1.15. The van der Waals surface area contributed by atoms with Crippen molar-refractivity contribution in [2.45, 2.75) is 18.9 Å². The van der Waals surface area contributed by atoms with Crippen molar-refractivity contribution in [1.82, 2.24) is 15.1 Å². The predicted octanol–water partition coefficient (Wildman–Crippen LogP) is 1.94. The largest absolute Gasteiger partial charge is 0.352 e. The second kappa shape index (κ2) is 6.53. The molecule has 2 aromatic rings. The maximum atomic E-state index is 12.8. The SMILES string of the molecule is O=C(CN1CCN(C(=O)c2csc3ccccc23)CC1)NC1CC1. The zero-order chi connectivity index (χ0) is 16.5. The number of hydrogen-bond donors (Lipinski definition) is 1. The highest BCUT2D eigenvalue weighted by Gasteiger charge is 2.27. The number of benzene rings is 1. The van der Waals surface area contributed by atoms with E-state index in [0.29, 0.717) is 25.7 Å². The highest BCUT2D eigenvalue weighted by molar-refractivity contribution is 7.17. The van der Waals surface area contributed by atoms with E-state index < -0.39 is 0 Å². The van der Waals surface area contributed by atoms with Crippen molar-refractivity contribution in [3.8, 4) is 0 Å². The molecule has 0 atom stereocenters. The monoisotopic (exact) mass is 343 g/mol. The first kappa shape index (κ1) is 15.6. The number of piperazine rings is 1. The molecule has 0 spiro atoms. The van der Waals surface area contributed by atoms with Gasteiger partial charge in [-0.05, 0) is 18.9 Å². The lowest BCUT2D eigenvalue weighted by molar-refractivity contribution is -0.122. The lowest BCUT2D eigenvalue weighted by Crippen LogP contribution is -2.51. The maximum Gasteiger partial charge on any atom is 0.255 e. The Kier molecular flexibility index (Phi) is 4.24. The maximum absolute atomic E-state index is 12.8. The van der Waals surface area contributed by atoms with Gasteiger partial charge in [-0.25, -0.2) is 0 Å². The second-order valence-electron chi connectivity index (χ2n) is 6.56. The van der Waals surface area contributed by atoms with E-state index in [1.165, 1.54) is 0 Å². The molecule has 0 radical (unpaired) electrons. The second-order valence-corrected chi connectivity index (χ2v) is 7.47. The number of nitrogens with zero attached hydrogens (tertiary/aromatic N) is 2. The summed E-state index contributed by atoms with van der Waals surface area (Å²) in [5.74, 6) is 0.218. The third kappa shape index (κ3) is 3.30. The van der Waals surface area contributed by atoms with E-state index in [1.54, 1.807) is 11.3 Å². The van der Waals surface area contributed by atoms with Crippen molar-refractivity contribution in [3.05, 3.63) is 35.2 Å². The standard InChI is InChI=1S/C18H21N3O2S/c22-17(19-13-5-6-13)11-20-7-9-21(10-8-20)18(23)15-12-24-16-4-2-1-3-14(15)16/h1-4,12-13H,5-11H2,(H,19,22). The first-order valence-corrected chi connectivity index (χ1v) is 9.36. The van der Waals surface area contributed by atoms with Crippen LogP contribution in [-0.2, 0) is 4.79 Å². The molecule has 2 amide bonds. The minimum Gasteiger partial charge on any atom is -0.352 e. The molecular weight excluding hydrogens is 322 g/mol. The van der Waals surface area contributed by atoms with Crippen LogP contribution in [0.25, 0.3) is 10.1 Å². The summed E-state index contributed by atoms with van der Waals surface area (Å²) in [6.07, 6.45) is 2.23. The molecule has 2 heterocycles. The fourth-order valence-electron chi connectivity index (χ4n) is 3.13. The molecule has 4 rings (SSSR count). The highest BCUT2D eigenvalue weighted by Crippen LogP contribution is 2.27. The van der Waals surface area contributed by atoms with E-state index in [2.05, 4.69) is 10.2 Å².